The summed E-state index contributed by atoms with van der Waals surface area (Å²) in [5, 5.41) is 0. The molecule has 0 spiro atoms. The van der Waals surface area contributed by atoms with E-state index in [9.17, 15) is 0 Å². The SMILES string of the molecule is COC1CCN(c2cccc(CN)n2)C(C)C1. The van der Waals surface area contributed by atoms with Crippen molar-refractivity contribution in [2.24, 2.45) is 5.73 Å². The third-order valence-electron chi connectivity index (χ3n) is 3.46. The zero-order valence-electron chi connectivity index (χ0n) is 10.6. The van der Waals surface area contributed by atoms with Crippen LogP contribution in [0.3, 0.4) is 0 Å². The van der Waals surface area contributed by atoms with Crippen LogP contribution in [0.5, 0.6) is 0 Å². The van der Waals surface area contributed by atoms with Crippen LogP contribution in [0, 0.1) is 0 Å². The Labute approximate surface area is 103 Å². The van der Waals surface area contributed by atoms with Gasteiger partial charge in [0, 0.05) is 26.2 Å². The summed E-state index contributed by atoms with van der Waals surface area (Å²) in [6.45, 7) is 3.72. The Balaban J connectivity index is 2.11. The number of pyridine rings is 1. The van der Waals surface area contributed by atoms with Gasteiger partial charge in [-0.15, -0.1) is 0 Å². The maximum Gasteiger partial charge on any atom is 0.129 e. The fraction of sp³-hybridized carbons (Fsp3) is 0.615. The molecule has 2 atom stereocenters. The molecule has 0 aliphatic carbocycles. The average molecular weight is 235 g/mol. The van der Waals surface area contributed by atoms with Gasteiger partial charge in [-0.3, -0.25) is 0 Å². The lowest BCUT2D eigenvalue weighted by Gasteiger charge is -2.38. The number of methoxy groups -OCH3 is 1. The van der Waals surface area contributed by atoms with E-state index in [0.717, 1.165) is 30.9 Å². The molecule has 1 aromatic rings. The second-order valence-corrected chi connectivity index (χ2v) is 4.62. The first-order chi connectivity index (χ1) is 8.24. The van der Waals surface area contributed by atoms with Gasteiger partial charge in [0.05, 0.1) is 11.8 Å². The second kappa shape index (κ2) is 5.47. The van der Waals surface area contributed by atoms with Crippen LogP contribution in [-0.4, -0.2) is 30.8 Å². The Hall–Kier alpha value is -1.13. The third-order valence-corrected chi connectivity index (χ3v) is 3.46. The Morgan fingerprint density at radius 3 is 3.00 bits per heavy atom. The molecule has 2 heterocycles. The van der Waals surface area contributed by atoms with Crippen LogP contribution in [0.1, 0.15) is 25.5 Å². The van der Waals surface area contributed by atoms with Gasteiger partial charge >= 0.3 is 0 Å². The molecule has 2 unspecified atom stereocenters. The van der Waals surface area contributed by atoms with Crippen LogP contribution >= 0.6 is 0 Å². The summed E-state index contributed by atoms with van der Waals surface area (Å²) in [7, 11) is 1.79. The fourth-order valence-corrected chi connectivity index (χ4v) is 2.42. The Kier molecular flexibility index (Phi) is 3.97. The predicted octanol–water partition coefficient (Wildman–Crippen LogP) is 1.54. The van der Waals surface area contributed by atoms with Crippen molar-refractivity contribution < 1.29 is 4.74 Å². The first-order valence-electron chi connectivity index (χ1n) is 6.20. The number of hydrogen-bond acceptors (Lipinski definition) is 4. The summed E-state index contributed by atoms with van der Waals surface area (Å²) in [6, 6.07) is 6.52. The van der Waals surface area contributed by atoms with Gasteiger partial charge in [0.1, 0.15) is 5.82 Å². The Bertz CT molecular complexity index is 369. The minimum Gasteiger partial charge on any atom is -0.381 e. The molecule has 4 heteroatoms. The Morgan fingerprint density at radius 2 is 2.35 bits per heavy atom. The molecule has 2 N–H and O–H groups in total. The molecule has 2 rings (SSSR count). The first kappa shape index (κ1) is 12.3. The highest BCUT2D eigenvalue weighted by molar-refractivity contribution is 5.41. The van der Waals surface area contributed by atoms with Gasteiger partial charge in [-0.25, -0.2) is 4.98 Å². The number of rotatable bonds is 3. The highest BCUT2D eigenvalue weighted by Gasteiger charge is 2.26. The lowest BCUT2D eigenvalue weighted by molar-refractivity contribution is 0.0719. The van der Waals surface area contributed by atoms with Crippen molar-refractivity contribution in [1.29, 1.82) is 0 Å². The smallest absolute Gasteiger partial charge is 0.129 e. The topological polar surface area (TPSA) is 51.4 Å². The average Bonchev–Trinajstić information content (AvgIpc) is 2.38. The van der Waals surface area contributed by atoms with E-state index in [1.54, 1.807) is 7.11 Å². The highest BCUT2D eigenvalue weighted by atomic mass is 16.5. The molecular weight excluding hydrogens is 214 g/mol. The minimum atomic E-state index is 0.388. The standard InChI is InChI=1S/C13H21N3O/c1-10-8-12(17-2)6-7-16(10)13-5-3-4-11(9-14)15-13/h3-5,10,12H,6-9,14H2,1-2H3. The van der Waals surface area contributed by atoms with Crippen molar-refractivity contribution >= 4 is 5.82 Å². The van der Waals surface area contributed by atoms with E-state index in [-0.39, 0.29) is 0 Å². The number of ether oxygens (including phenoxy) is 1. The van der Waals surface area contributed by atoms with Crippen molar-refractivity contribution in [3.05, 3.63) is 23.9 Å². The van der Waals surface area contributed by atoms with Crippen molar-refractivity contribution in [2.75, 3.05) is 18.6 Å². The summed E-state index contributed by atoms with van der Waals surface area (Å²) in [5.41, 5.74) is 6.57. The summed E-state index contributed by atoms with van der Waals surface area (Å²) < 4.78 is 5.42. The van der Waals surface area contributed by atoms with Crippen molar-refractivity contribution in [2.45, 2.75) is 38.5 Å². The Morgan fingerprint density at radius 1 is 1.53 bits per heavy atom. The third kappa shape index (κ3) is 2.76. The molecule has 1 aliphatic heterocycles. The molecule has 1 fully saturated rings. The van der Waals surface area contributed by atoms with E-state index in [0.29, 0.717) is 18.7 Å². The minimum absolute atomic E-state index is 0.388. The molecule has 0 amide bonds. The van der Waals surface area contributed by atoms with Gasteiger partial charge < -0.3 is 15.4 Å². The molecule has 0 aromatic carbocycles. The van der Waals surface area contributed by atoms with Gasteiger partial charge in [0.2, 0.25) is 0 Å². The van der Waals surface area contributed by atoms with E-state index in [1.165, 1.54) is 0 Å². The van der Waals surface area contributed by atoms with E-state index in [4.69, 9.17) is 10.5 Å². The molecule has 0 bridgehead atoms. The fourth-order valence-electron chi connectivity index (χ4n) is 2.42. The first-order valence-corrected chi connectivity index (χ1v) is 6.20. The number of aromatic nitrogens is 1. The number of hydrogen-bond donors (Lipinski definition) is 1. The van der Waals surface area contributed by atoms with Gasteiger partial charge in [-0.05, 0) is 31.9 Å². The maximum absolute atomic E-state index is 5.63. The molecule has 4 nitrogen and oxygen atoms in total. The van der Waals surface area contributed by atoms with Crippen LogP contribution in [-0.2, 0) is 11.3 Å². The van der Waals surface area contributed by atoms with Gasteiger partial charge in [-0.2, -0.15) is 0 Å². The molecule has 1 saturated heterocycles. The molecule has 17 heavy (non-hydrogen) atoms. The van der Waals surface area contributed by atoms with Crippen LogP contribution in [0.25, 0.3) is 0 Å². The summed E-state index contributed by atoms with van der Waals surface area (Å²) in [6.07, 6.45) is 2.51. The summed E-state index contributed by atoms with van der Waals surface area (Å²) in [4.78, 5) is 6.92. The van der Waals surface area contributed by atoms with Crippen LogP contribution < -0.4 is 10.6 Å². The van der Waals surface area contributed by atoms with E-state index in [2.05, 4.69) is 22.9 Å². The zero-order valence-corrected chi connectivity index (χ0v) is 10.6. The lowest BCUT2D eigenvalue weighted by Crippen LogP contribution is -2.43. The van der Waals surface area contributed by atoms with Crippen molar-refractivity contribution in [3.63, 3.8) is 0 Å². The second-order valence-electron chi connectivity index (χ2n) is 4.62. The zero-order chi connectivity index (χ0) is 12.3. The molecule has 94 valence electrons. The number of nitrogens with two attached hydrogens (primary N) is 1. The van der Waals surface area contributed by atoms with Crippen LogP contribution in [0.4, 0.5) is 5.82 Å². The van der Waals surface area contributed by atoms with Crippen molar-refractivity contribution in [3.8, 4) is 0 Å². The number of nitrogens with zero attached hydrogens (tertiary/aromatic N) is 2. The van der Waals surface area contributed by atoms with Gasteiger partial charge in [0.25, 0.3) is 0 Å². The van der Waals surface area contributed by atoms with E-state index in [1.807, 2.05) is 12.1 Å². The van der Waals surface area contributed by atoms with Crippen molar-refractivity contribution in [1.82, 2.24) is 4.98 Å². The normalized spacial score (nSPS) is 25.0. The molecular formula is C13H21N3O. The molecule has 0 saturated carbocycles. The molecule has 1 aliphatic rings. The van der Waals surface area contributed by atoms with Crippen LogP contribution in [0.15, 0.2) is 18.2 Å². The molecule has 0 radical (unpaired) electrons. The van der Waals surface area contributed by atoms with Gasteiger partial charge in [-0.1, -0.05) is 6.07 Å². The summed E-state index contributed by atoms with van der Waals surface area (Å²) >= 11 is 0. The monoisotopic (exact) mass is 235 g/mol. The maximum atomic E-state index is 5.63. The van der Waals surface area contributed by atoms with Gasteiger partial charge in [0.15, 0.2) is 0 Å². The number of piperidine rings is 1. The summed E-state index contributed by atoms with van der Waals surface area (Å²) in [5.74, 6) is 1.04. The largest absolute Gasteiger partial charge is 0.381 e. The quantitative estimate of drug-likeness (QED) is 0.863. The number of anilines is 1. The van der Waals surface area contributed by atoms with E-state index < -0.39 is 0 Å². The molecule has 1 aromatic heterocycles. The lowest BCUT2D eigenvalue weighted by atomic mass is 10.0. The van der Waals surface area contributed by atoms with Crippen LogP contribution in [0.2, 0.25) is 0 Å². The highest BCUT2D eigenvalue weighted by Crippen LogP contribution is 2.24. The predicted molar refractivity (Wildman–Crippen MR) is 69.0 cm³/mol. The van der Waals surface area contributed by atoms with E-state index >= 15 is 0 Å².